The van der Waals surface area contributed by atoms with Gasteiger partial charge in [0.05, 0.1) is 22.8 Å². The summed E-state index contributed by atoms with van der Waals surface area (Å²) in [5.74, 6) is -0.844. The first-order valence-electron chi connectivity index (χ1n) is 9.29. The quantitative estimate of drug-likeness (QED) is 0.472. The van der Waals surface area contributed by atoms with Gasteiger partial charge in [-0.3, -0.25) is 9.59 Å². The number of hydrogen-bond acceptors (Lipinski definition) is 7. The van der Waals surface area contributed by atoms with Crippen LogP contribution in [-0.4, -0.2) is 67.9 Å². The van der Waals surface area contributed by atoms with Crippen molar-refractivity contribution in [1.29, 1.82) is 0 Å². The molecule has 29 heavy (non-hydrogen) atoms. The molecule has 1 aliphatic heterocycles. The average Bonchev–Trinajstić information content (AvgIpc) is 3.02. The summed E-state index contributed by atoms with van der Waals surface area (Å²) in [4.78, 5) is 38.9. The lowest BCUT2D eigenvalue weighted by atomic mass is 9.91. The lowest BCUT2D eigenvalue weighted by molar-refractivity contribution is -0.129. The lowest BCUT2D eigenvalue weighted by Gasteiger charge is -2.23. The van der Waals surface area contributed by atoms with Crippen LogP contribution in [0.25, 0.3) is 0 Å². The van der Waals surface area contributed by atoms with Crippen molar-refractivity contribution in [2.24, 2.45) is 5.41 Å². The summed E-state index contributed by atoms with van der Waals surface area (Å²) in [6.07, 6.45) is 0.444. The largest absolute Gasteiger partial charge is 0.454 e. The Balaban J connectivity index is 1.97. The van der Waals surface area contributed by atoms with Crippen LogP contribution in [0.5, 0.6) is 0 Å². The van der Waals surface area contributed by atoms with Gasteiger partial charge in [0, 0.05) is 23.4 Å². The third-order valence-corrected chi connectivity index (χ3v) is 7.59. The summed E-state index contributed by atoms with van der Waals surface area (Å²) in [6.45, 7) is 4.96. The van der Waals surface area contributed by atoms with E-state index < -0.39 is 21.2 Å². The van der Waals surface area contributed by atoms with E-state index in [1.165, 1.54) is 16.7 Å². The molecule has 2 rings (SSSR count). The fourth-order valence-electron chi connectivity index (χ4n) is 2.71. The summed E-state index contributed by atoms with van der Waals surface area (Å²) in [7, 11) is -1.47. The van der Waals surface area contributed by atoms with Gasteiger partial charge in [-0.2, -0.15) is 0 Å². The highest BCUT2D eigenvalue weighted by molar-refractivity contribution is 8.00. The number of thioether (sulfide) groups is 1. The number of Topliss-reactive ketones (excluding diaryl/α,β-unsaturated/α-hetero) is 1. The van der Waals surface area contributed by atoms with Crippen LogP contribution in [0, 0.1) is 5.41 Å². The average molecular weight is 442 g/mol. The number of carbonyl (C=O) groups is 3. The third-order valence-electron chi connectivity index (χ3n) is 4.78. The van der Waals surface area contributed by atoms with Gasteiger partial charge < -0.3 is 9.64 Å². The number of ketones is 1. The molecule has 0 aromatic heterocycles. The van der Waals surface area contributed by atoms with Crippen molar-refractivity contribution in [1.82, 2.24) is 4.90 Å². The van der Waals surface area contributed by atoms with E-state index in [2.05, 4.69) is 0 Å². The molecular formula is C20H27NO6S2. The Labute approximate surface area is 176 Å². The van der Waals surface area contributed by atoms with Crippen LogP contribution in [0.4, 0.5) is 0 Å². The summed E-state index contributed by atoms with van der Waals surface area (Å²) in [6, 6.07) is 6.42. The second-order valence-corrected chi connectivity index (χ2v) is 11.3. The second-order valence-electron chi connectivity index (χ2n) is 8.10. The maximum Gasteiger partial charge on any atom is 0.339 e. The molecule has 1 aromatic carbocycles. The molecular weight excluding hydrogens is 414 g/mol. The Morgan fingerprint density at radius 3 is 2.45 bits per heavy atom. The summed E-state index contributed by atoms with van der Waals surface area (Å²) >= 11 is 1.18. The number of amides is 1. The van der Waals surface area contributed by atoms with Crippen molar-refractivity contribution in [2.75, 3.05) is 30.9 Å². The van der Waals surface area contributed by atoms with Crippen molar-refractivity contribution >= 4 is 39.3 Å². The molecule has 1 heterocycles. The van der Waals surface area contributed by atoms with Crippen LogP contribution < -0.4 is 0 Å². The monoisotopic (exact) mass is 441 g/mol. The number of ether oxygens (including phenoxy) is 1. The van der Waals surface area contributed by atoms with Gasteiger partial charge in [-0.1, -0.05) is 32.9 Å². The molecule has 1 unspecified atom stereocenters. The molecule has 0 aliphatic carbocycles. The molecule has 7 nitrogen and oxygen atoms in total. The molecule has 0 N–H and O–H groups in total. The number of benzene rings is 1. The minimum absolute atomic E-state index is 0.00930. The molecule has 1 aromatic rings. The van der Waals surface area contributed by atoms with Crippen LogP contribution >= 0.6 is 11.8 Å². The van der Waals surface area contributed by atoms with Crippen molar-refractivity contribution in [2.45, 2.75) is 38.1 Å². The first-order valence-corrected chi connectivity index (χ1v) is 12.1. The van der Waals surface area contributed by atoms with E-state index in [4.69, 9.17) is 4.74 Å². The molecule has 1 aliphatic rings. The van der Waals surface area contributed by atoms with Gasteiger partial charge in [-0.15, -0.1) is 11.8 Å². The lowest BCUT2D eigenvalue weighted by Crippen LogP contribution is -2.38. The summed E-state index contributed by atoms with van der Waals surface area (Å²) < 4.78 is 28.4. The van der Waals surface area contributed by atoms with E-state index in [1.54, 1.807) is 52.1 Å². The van der Waals surface area contributed by atoms with E-state index >= 15 is 0 Å². The molecule has 160 valence electrons. The Bertz CT molecular complexity index is 888. The zero-order chi connectivity index (χ0) is 21.8. The molecule has 1 atom stereocenters. The number of rotatable bonds is 7. The Hall–Kier alpha value is -1.87. The molecule has 0 saturated carbocycles. The van der Waals surface area contributed by atoms with Crippen LogP contribution in [0.15, 0.2) is 29.2 Å². The van der Waals surface area contributed by atoms with Crippen LogP contribution in [0.2, 0.25) is 0 Å². The SMILES string of the molecule is CN(C(=O)CSc1ccccc1C(=O)OCC(=O)C(C)(C)C)C1CCS(=O)(=O)C1. The van der Waals surface area contributed by atoms with Crippen LogP contribution in [-0.2, 0) is 24.2 Å². The highest BCUT2D eigenvalue weighted by atomic mass is 32.2. The van der Waals surface area contributed by atoms with Gasteiger partial charge in [-0.05, 0) is 18.6 Å². The fraction of sp³-hybridized carbons (Fsp3) is 0.550. The highest BCUT2D eigenvalue weighted by Gasteiger charge is 2.32. The first-order chi connectivity index (χ1) is 13.4. The highest BCUT2D eigenvalue weighted by Crippen LogP contribution is 2.25. The minimum atomic E-state index is -3.07. The number of nitrogens with zero attached hydrogens (tertiary/aromatic N) is 1. The van der Waals surface area contributed by atoms with Gasteiger partial charge in [0.25, 0.3) is 0 Å². The van der Waals surface area contributed by atoms with Crippen molar-refractivity contribution in [3.63, 3.8) is 0 Å². The van der Waals surface area contributed by atoms with Gasteiger partial charge in [-0.25, -0.2) is 13.2 Å². The predicted molar refractivity (Wildman–Crippen MR) is 112 cm³/mol. The Morgan fingerprint density at radius 2 is 1.86 bits per heavy atom. The van der Waals surface area contributed by atoms with Gasteiger partial charge in [0.2, 0.25) is 5.91 Å². The number of sulfone groups is 1. The predicted octanol–water partition coefficient (Wildman–Crippen LogP) is 2.20. The minimum Gasteiger partial charge on any atom is -0.454 e. The fourth-order valence-corrected chi connectivity index (χ4v) is 5.45. The van der Waals surface area contributed by atoms with Crippen molar-refractivity contribution in [3.05, 3.63) is 29.8 Å². The second kappa shape index (κ2) is 9.30. The smallest absolute Gasteiger partial charge is 0.339 e. The molecule has 1 fully saturated rings. The topological polar surface area (TPSA) is 97.8 Å². The van der Waals surface area contributed by atoms with Gasteiger partial charge in [0.1, 0.15) is 0 Å². The molecule has 1 amide bonds. The van der Waals surface area contributed by atoms with Crippen molar-refractivity contribution in [3.8, 4) is 0 Å². The van der Waals surface area contributed by atoms with E-state index in [0.29, 0.717) is 11.3 Å². The molecule has 0 bridgehead atoms. The maximum absolute atomic E-state index is 12.5. The van der Waals surface area contributed by atoms with E-state index in [0.717, 1.165) is 0 Å². The van der Waals surface area contributed by atoms with Crippen LogP contribution in [0.1, 0.15) is 37.6 Å². The standard InChI is InChI=1S/C20H27NO6S2/c1-20(2,3)17(22)11-27-19(24)15-7-5-6-8-16(15)28-12-18(23)21(4)14-9-10-29(25,26)13-14/h5-8,14H,9-13H2,1-4H3. The van der Waals surface area contributed by atoms with Crippen molar-refractivity contribution < 1.29 is 27.5 Å². The number of carbonyl (C=O) groups excluding carboxylic acids is 3. The third kappa shape index (κ3) is 6.57. The first kappa shape index (κ1) is 23.4. The van der Waals surface area contributed by atoms with Crippen LogP contribution in [0.3, 0.4) is 0 Å². The number of esters is 1. The Kier molecular flexibility index (Phi) is 7.50. The Morgan fingerprint density at radius 1 is 1.21 bits per heavy atom. The van der Waals surface area contributed by atoms with E-state index in [1.807, 2.05) is 0 Å². The summed E-state index contributed by atoms with van der Waals surface area (Å²) in [5, 5.41) is 0. The molecule has 1 saturated heterocycles. The normalized spacial score (nSPS) is 18.3. The van der Waals surface area contributed by atoms with Gasteiger partial charge >= 0.3 is 5.97 Å². The molecule has 0 radical (unpaired) electrons. The van der Waals surface area contributed by atoms with E-state index in [9.17, 15) is 22.8 Å². The molecule has 9 heteroatoms. The summed E-state index contributed by atoms with van der Waals surface area (Å²) in [5.41, 5.74) is -0.308. The molecule has 0 spiro atoms. The zero-order valence-corrected chi connectivity index (χ0v) is 18.8. The maximum atomic E-state index is 12.5. The van der Waals surface area contributed by atoms with E-state index in [-0.39, 0.29) is 47.2 Å². The number of hydrogen-bond donors (Lipinski definition) is 0. The van der Waals surface area contributed by atoms with Gasteiger partial charge in [0.15, 0.2) is 22.2 Å². The zero-order valence-electron chi connectivity index (χ0n) is 17.1.